The van der Waals surface area contributed by atoms with Gasteiger partial charge < -0.3 is 10.6 Å². The molecule has 0 unspecified atom stereocenters. The van der Waals surface area contributed by atoms with E-state index in [-0.39, 0.29) is 19.3 Å². The van der Waals surface area contributed by atoms with E-state index in [1.165, 1.54) is 0 Å². The van der Waals surface area contributed by atoms with Crippen LogP contribution in [0.15, 0.2) is 9.98 Å². The quantitative estimate of drug-likeness (QED) is 0.646. The summed E-state index contributed by atoms with van der Waals surface area (Å²) in [6, 6.07) is 0. The average molecular weight is 296 g/mol. The van der Waals surface area contributed by atoms with Crippen molar-refractivity contribution in [3.63, 3.8) is 0 Å². The molecule has 0 aliphatic carbocycles. The Bertz CT molecular complexity index is 260. The number of nitrogens with zero attached hydrogens (tertiary/aromatic N) is 2. The zero-order valence-electron chi connectivity index (χ0n) is 6.38. The highest BCUT2D eigenvalue weighted by atomic mass is 127. The number of hydrogen-bond acceptors (Lipinski definition) is 5. The lowest BCUT2D eigenvalue weighted by atomic mass is 10.4. The van der Waals surface area contributed by atoms with Crippen molar-refractivity contribution in [3.8, 4) is 0 Å². The number of halogens is 1. The van der Waals surface area contributed by atoms with Crippen LogP contribution in [0.5, 0.6) is 0 Å². The molecule has 0 aromatic rings. The first-order valence-electron chi connectivity index (χ1n) is 3.70. The van der Waals surface area contributed by atoms with Gasteiger partial charge >= 0.3 is 0 Å². The molecular weight excluding hydrogens is 287 g/mol. The van der Waals surface area contributed by atoms with E-state index in [1.807, 2.05) is 13.1 Å². The normalized spacial score (nSPS) is 22.0. The van der Waals surface area contributed by atoms with Crippen LogP contribution in [-0.4, -0.2) is 28.4 Å². The number of guanidine groups is 1. The summed E-state index contributed by atoms with van der Waals surface area (Å²) in [7, 11) is 1.81. The standard InChI is InChI=1S/C6H9IN4S/c1-2-8-5(9-3-1)11-6-10-4-7-12-6/h4H,1-3H2,(H2,8,9,10,11). The topological polar surface area (TPSA) is 48.8 Å². The SMILES string of the molecule is C1=ISC(NC2=NCCCN2)=N1. The van der Waals surface area contributed by atoms with Crippen molar-refractivity contribution in [2.24, 2.45) is 9.98 Å². The van der Waals surface area contributed by atoms with Crippen LogP contribution in [0, 0.1) is 0 Å². The molecule has 0 saturated carbocycles. The fourth-order valence-corrected chi connectivity index (χ4v) is 3.85. The molecule has 66 valence electrons. The van der Waals surface area contributed by atoms with E-state index in [0.29, 0.717) is 0 Å². The Kier molecular flexibility index (Phi) is 2.98. The van der Waals surface area contributed by atoms with Crippen LogP contribution in [0.2, 0.25) is 0 Å². The van der Waals surface area contributed by atoms with Crippen LogP contribution in [0.25, 0.3) is 0 Å². The second-order valence-electron chi connectivity index (χ2n) is 2.33. The molecular formula is C6H9IN4S. The Labute approximate surface area is 83.5 Å². The van der Waals surface area contributed by atoms with Crippen molar-refractivity contribution in [1.82, 2.24) is 10.6 Å². The highest BCUT2D eigenvalue weighted by Crippen LogP contribution is 2.24. The first kappa shape index (κ1) is 8.49. The third kappa shape index (κ3) is 2.19. The highest BCUT2D eigenvalue weighted by molar-refractivity contribution is 14.2. The van der Waals surface area contributed by atoms with Crippen LogP contribution >= 0.6 is 28.3 Å². The first-order valence-corrected chi connectivity index (χ1v) is 8.31. The molecule has 0 aromatic carbocycles. The Hall–Kier alpha value is -0.110. The Balaban J connectivity index is 1.89. The summed E-state index contributed by atoms with van der Waals surface area (Å²) in [6.45, 7) is 1.94. The molecule has 0 amide bonds. The van der Waals surface area contributed by atoms with Gasteiger partial charge in [0, 0.05) is 13.1 Å². The van der Waals surface area contributed by atoms with Crippen molar-refractivity contribution >= 4 is 43.5 Å². The third-order valence-electron chi connectivity index (χ3n) is 1.45. The highest BCUT2D eigenvalue weighted by Gasteiger charge is 2.08. The van der Waals surface area contributed by atoms with Crippen LogP contribution < -0.4 is 10.6 Å². The van der Waals surface area contributed by atoms with Crippen LogP contribution in [0.3, 0.4) is 0 Å². The fraction of sp³-hybridized carbons (Fsp3) is 0.500. The Morgan fingerprint density at radius 3 is 3.33 bits per heavy atom. The van der Waals surface area contributed by atoms with Crippen LogP contribution in [0.1, 0.15) is 6.42 Å². The summed E-state index contributed by atoms with van der Waals surface area (Å²) in [6.07, 6.45) is 1.13. The minimum Gasteiger partial charge on any atom is -0.356 e. The predicted octanol–water partition coefficient (Wildman–Crippen LogP) is 0.674. The smallest absolute Gasteiger partial charge is 0.197 e. The second kappa shape index (κ2) is 4.22. The molecule has 12 heavy (non-hydrogen) atoms. The van der Waals surface area contributed by atoms with Crippen molar-refractivity contribution < 1.29 is 0 Å². The van der Waals surface area contributed by atoms with E-state index in [1.54, 1.807) is 0 Å². The van der Waals surface area contributed by atoms with E-state index in [2.05, 4.69) is 20.6 Å². The number of aliphatic imine (C=N–C) groups is 2. The van der Waals surface area contributed by atoms with Crippen molar-refractivity contribution in [2.45, 2.75) is 6.42 Å². The molecule has 0 aromatic heterocycles. The summed E-state index contributed by atoms with van der Waals surface area (Å²) in [5, 5.41) is 7.35. The molecule has 2 N–H and O–H groups in total. The molecule has 0 bridgehead atoms. The van der Waals surface area contributed by atoms with Crippen LogP contribution in [0.4, 0.5) is 0 Å². The zero-order valence-corrected chi connectivity index (χ0v) is 9.35. The Morgan fingerprint density at radius 1 is 1.67 bits per heavy atom. The molecule has 6 heteroatoms. The van der Waals surface area contributed by atoms with Gasteiger partial charge in [-0.15, -0.1) is 0 Å². The van der Waals surface area contributed by atoms with Gasteiger partial charge in [0.2, 0.25) is 0 Å². The molecule has 4 nitrogen and oxygen atoms in total. The van der Waals surface area contributed by atoms with Gasteiger partial charge in [-0.05, 0) is 34.7 Å². The summed E-state index contributed by atoms with van der Waals surface area (Å²) >= 11 is 0.116. The molecule has 2 aliphatic heterocycles. The summed E-state index contributed by atoms with van der Waals surface area (Å²) in [4.78, 5) is 8.49. The van der Waals surface area contributed by atoms with Crippen molar-refractivity contribution in [3.05, 3.63) is 0 Å². The van der Waals surface area contributed by atoms with Crippen molar-refractivity contribution in [1.29, 1.82) is 0 Å². The lowest BCUT2D eigenvalue weighted by Gasteiger charge is -2.14. The lowest BCUT2D eigenvalue weighted by molar-refractivity contribution is 0.728. The van der Waals surface area contributed by atoms with Gasteiger partial charge in [-0.1, -0.05) is 0 Å². The maximum atomic E-state index is 4.29. The first-order chi connectivity index (χ1) is 5.95. The van der Waals surface area contributed by atoms with Crippen molar-refractivity contribution in [2.75, 3.05) is 13.1 Å². The number of hydrogen-bond donors (Lipinski definition) is 2. The lowest BCUT2D eigenvalue weighted by Crippen LogP contribution is -2.42. The van der Waals surface area contributed by atoms with Gasteiger partial charge in [0.1, 0.15) is 0 Å². The van der Waals surface area contributed by atoms with Crippen LogP contribution in [-0.2, 0) is 0 Å². The van der Waals surface area contributed by atoms with Gasteiger partial charge in [-0.2, -0.15) is 0 Å². The molecule has 0 atom stereocenters. The summed E-state index contributed by atoms with van der Waals surface area (Å²) in [5.74, 6) is 0.881. The predicted molar refractivity (Wildman–Crippen MR) is 63.2 cm³/mol. The molecule has 0 fully saturated rings. The number of nitrogens with one attached hydrogen (secondary N) is 2. The molecule has 0 spiro atoms. The van der Waals surface area contributed by atoms with E-state index in [9.17, 15) is 0 Å². The van der Waals surface area contributed by atoms with Gasteiger partial charge in [-0.25, -0.2) is 4.99 Å². The third-order valence-corrected chi connectivity index (χ3v) is 4.94. The molecule has 0 saturated heterocycles. The maximum absolute atomic E-state index is 4.29. The van der Waals surface area contributed by atoms with Gasteiger partial charge in [0.05, 0.1) is 4.14 Å². The van der Waals surface area contributed by atoms with E-state index < -0.39 is 0 Å². The van der Waals surface area contributed by atoms with Gasteiger partial charge in [0.15, 0.2) is 11.1 Å². The zero-order chi connectivity index (χ0) is 8.23. The van der Waals surface area contributed by atoms with Gasteiger partial charge in [0.25, 0.3) is 0 Å². The number of rotatable bonds is 0. The second-order valence-corrected chi connectivity index (χ2v) is 6.46. The fourth-order valence-electron chi connectivity index (χ4n) is 0.915. The Morgan fingerprint density at radius 2 is 2.67 bits per heavy atom. The monoisotopic (exact) mass is 296 g/mol. The molecule has 2 aliphatic rings. The van der Waals surface area contributed by atoms with E-state index >= 15 is 0 Å². The summed E-state index contributed by atoms with van der Waals surface area (Å²) in [5.41, 5.74) is 0. The largest absolute Gasteiger partial charge is 0.356 e. The van der Waals surface area contributed by atoms with E-state index in [0.717, 1.165) is 30.6 Å². The molecule has 2 heterocycles. The minimum absolute atomic E-state index is 0.116. The summed E-state index contributed by atoms with van der Waals surface area (Å²) < 4.78 is 2.01. The average Bonchev–Trinajstić information content (AvgIpc) is 2.59. The molecule has 2 rings (SSSR count). The minimum atomic E-state index is 0.116. The van der Waals surface area contributed by atoms with Gasteiger partial charge in [-0.3, -0.25) is 4.99 Å². The molecule has 0 radical (unpaired) electrons. The van der Waals surface area contributed by atoms with E-state index in [4.69, 9.17) is 0 Å². The maximum Gasteiger partial charge on any atom is 0.197 e. The number of amidine groups is 1.